The van der Waals surface area contributed by atoms with Crippen molar-refractivity contribution in [3.63, 3.8) is 0 Å². The molecule has 1 aromatic heterocycles. The highest BCUT2D eigenvalue weighted by atomic mass is 16.5. The number of likely N-dealkylation sites (N-methyl/N-ethyl adjacent to an activating group) is 1. The van der Waals surface area contributed by atoms with Crippen molar-refractivity contribution in [2.75, 3.05) is 66.3 Å². The molecule has 1 amide bonds. The zero-order valence-electron chi connectivity index (χ0n) is 16.2. The Morgan fingerprint density at radius 1 is 1.15 bits per heavy atom. The van der Waals surface area contributed by atoms with E-state index in [0.717, 1.165) is 25.3 Å². The van der Waals surface area contributed by atoms with E-state index in [1.165, 1.54) is 6.07 Å². The molecule has 1 saturated heterocycles. The van der Waals surface area contributed by atoms with Gasteiger partial charge in [0.25, 0.3) is 11.5 Å². The Labute approximate surface area is 159 Å². The minimum atomic E-state index is -0.157. The number of carbonyl (C=O) groups is 1. The standard InChI is InChI=1S/C19H29N3O5/c1-3-20-5-7-21(8-6-20)19(24)18-15-4-10-26-11-9-22(15)17(23)14-16(18)27-13-12-25-2/h14H,3-13H2,1-2H3. The van der Waals surface area contributed by atoms with Crippen LogP contribution in [0.2, 0.25) is 0 Å². The van der Waals surface area contributed by atoms with Gasteiger partial charge < -0.3 is 28.6 Å². The molecule has 3 rings (SSSR count). The highest BCUT2D eigenvalue weighted by molar-refractivity contribution is 5.98. The molecule has 8 heteroatoms. The molecule has 0 N–H and O–H groups in total. The lowest BCUT2D eigenvalue weighted by Crippen LogP contribution is -2.49. The maximum absolute atomic E-state index is 13.4. The first-order valence-electron chi connectivity index (χ1n) is 9.63. The second-order valence-electron chi connectivity index (χ2n) is 6.75. The van der Waals surface area contributed by atoms with Crippen LogP contribution in [-0.4, -0.2) is 86.5 Å². The number of pyridine rings is 1. The van der Waals surface area contributed by atoms with Crippen LogP contribution in [-0.2, 0) is 22.4 Å². The van der Waals surface area contributed by atoms with Crippen LogP contribution in [0.3, 0.4) is 0 Å². The van der Waals surface area contributed by atoms with E-state index in [2.05, 4.69) is 11.8 Å². The third-order valence-corrected chi connectivity index (χ3v) is 5.19. The number of nitrogens with zero attached hydrogens (tertiary/aromatic N) is 3. The highest BCUT2D eigenvalue weighted by Gasteiger charge is 2.29. The van der Waals surface area contributed by atoms with Gasteiger partial charge in [-0.3, -0.25) is 9.59 Å². The Bertz CT molecular complexity index is 710. The largest absolute Gasteiger partial charge is 0.490 e. The SMILES string of the molecule is CCN1CCN(C(=O)c2c(OCCOC)cc(=O)n3c2CCOCC3)CC1. The number of methoxy groups -OCH3 is 1. The molecule has 0 aromatic carbocycles. The van der Waals surface area contributed by atoms with Crippen LogP contribution in [0.1, 0.15) is 23.0 Å². The molecule has 0 atom stereocenters. The molecule has 0 bridgehead atoms. The summed E-state index contributed by atoms with van der Waals surface area (Å²) >= 11 is 0. The Morgan fingerprint density at radius 3 is 2.63 bits per heavy atom. The van der Waals surface area contributed by atoms with Gasteiger partial charge in [0, 0.05) is 58.0 Å². The number of carbonyl (C=O) groups excluding carboxylic acids is 1. The first-order chi connectivity index (χ1) is 13.2. The van der Waals surface area contributed by atoms with Gasteiger partial charge in [-0.25, -0.2) is 0 Å². The lowest BCUT2D eigenvalue weighted by Gasteiger charge is -2.34. The van der Waals surface area contributed by atoms with Crippen molar-refractivity contribution in [3.05, 3.63) is 27.7 Å². The second-order valence-corrected chi connectivity index (χ2v) is 6.75. The number of ether oxygens (including phenoxy) is 3. The molecule has 1 aromatic rings. The van der Waals surface area contributed by atoms with E-state index in [4.69, 9.17) is 14.2 Å². The van der Waals surface area contributed by atoms with Gasteiger partial charge in [0.2, 0.25) is 0 Å². The monoisotopic (exact) mass is 379 g/mol. The highest BCUT2D eigenvalue weighted by Crippen LogP contribution is 2.25. The number of piperazine rings is 1. The topological polar surface area (TPSA) is 73.2 Å². The Balaban J connectivity index is 1.95. The van der Waals surface area contributed by atoms with E-state index in [1.807, 2.05) is 4.90 Å². The molecule has 2 aliphatic heterocycles. The molecule has 0 aliphatic carbocycles. The van der Waals surface area contributed by atoms with Gasteiger partial charge in [-0.05, 0) is 6.54 Å². The predicted octanol–water partition coefficient (Wildman–Crippen LogP) is 0.224. The van der Waals surface area contributed by atoms with Gasteiger partial charge in [0.1, 0.15) is 17.9 Å². The van der Waals surface area contributed by atoms with Gasteiger partial charge in [0.15, 0.2) is 0 Å². The first kappa shape index (κ1) is 19.9. The zero-order valence-corrected chi connectivity index (χ0v) is 16.2. The Kier molecular flexibility index (Phi) is 6.87. The molecule has 2 aliphatic rings. The maximum Gasteiger partial charge on any atom is 0.259 e. The summed E-state index contributed by atoms with van der Waals surface area (Å²) in [7, 11) is 1.59. The van der Waals surface area contributed by atoms with E-state index in [-0.39, 0.29) is 11.5 Å². The van der Waals surface area contributed by atoms with Crippen LogP contribution in [0.25, 0.3) is 0 Å². The summed E-state index contributed by atoms with van der Waals surface area (Å²) in [5.41, 5.74) is 1.06. The van der Waals surface area contributed by atoms with Gasteiger partial charge in [-0.15, -0.1) is 0 Å². The van der Waals surface area contributed by atoms with Crippen molar-refractivity contribution in [1.82, 2.24) is 14.4 Å². The molecular weight excluding hydrogens is 350 g/mol. The minimum absolute atomic E-state index is 0.0659. The molecular formula is C19H29N3O5. The molecule has 0 spiro atoms. The van der Waals surface area contributed by atoms with Crippen molar-refractivity contribution < 1.29 is 19.0 Å². The van der Waals surface area contributed by atoms with Crippen molar-refractivity contribution in [3.8, 4) is 5.75 Å². The molecule has 0 radical (unpaired) electrons. The van der Waals surface area contributed by atoms with Crippen molar-refractivity contribution in [2.24, 2.45) is 0 Å². The number of hydrogen-bond donors (Lipinski definition) is 0. The number of fused-ring (bicyclic) bond motifs is 1. The van der Waals surface area contributed by atoms with Crippen molar-refractivity contribution in [1.29, 1.82) is 0 Å². The molecule has 27 heavy (non-hydrogen) atoms. The third kappa shape index (κ3) is 4.51. The number of aromatic nitrogens is 1. The fraction of sp³-hybridized carbons (Fsp3) is 0.684. The fourth-order valence-electron chi connectivity index (χ4n) is 3.61. The molecule has 0 saturated carbocycles. The van der Waals surface area contributed by atoms with Crippen molar-refractivity contribution >= 4 is 5.91 Å². The number of rotatable bonds is 6. The van der Waals surface area contributed by atoms with Gasteiger partial charge >= 0.3 is 0 Å². The maximum atomic E-state index is 13.4. The van der Waals surface area contributed by atoms with E-state index in [1.54, 1.807) is 11.7 Å². The first-order valence-corrected chi connectivity index (χ1v) is 9.63. The quantitative estimate of drug-likeness (QED) is 0.659. The van der Waals surface area contributed by atoms with E-state index in [0.29, 0.717) is 63.8 Å². The summed E-state index contributed by atoms with van der Waals surface area (Å²) < 4.78 is 18.0. The summed E-state index contributed by atoms with van der Waals surface area (Å²) in [6.45, 7) is 8.30. The molecule has 3 heterocycles. The third-order valence-electron chi connectivity index (χ3n) is 5.19. The van der Waals surface area contributed by atoms with E-state index >= 15 is 0 Å². The molecule has 0 unspecified atom stereocenters. The van der Waals surface area contributed by atoms with Crippen LogP contribution >= 0.6 is 0 Å². The fourth-order valence-corrected chi connectivity index (χ4v) is 3.61. The minimum Gasteiger partial charge on any atom is -0.490 e. The zero-order chi connectivity index (χ0) is 19.2. The van der Waals surface area contributed by atoms with E-state index in [9.17, 15) is 9.59 Å². The lowest BCUT2D eigenvalue weighted by atomic mass is 10.1. The summed E-state index contributed by atoms with van der Waals surface area (Å²) in [6, 6.07) is 1.43. The summed E-state index contributed by atoms with van der Waals surface area (Å²) in [5, 5.41) is 0. The second kappa shape index (κ2) is 9.34. The van der Waals surface area contributed by atoms with Crippen LogP contribution in [0, 0.1) is 0 Å². The van der Waals surface area contributed by atoms with Gasteiger partial charge in [0.05, 0.1) is 19.8 Å². The predicted molar refractivity (Wildman–Crippen MR) is 101 cm³/mol. The van der Waals surface area contributed by atoms with Crippen LogP contribution in [0.5, 0.6) is 5.75 Å². The molecule has 8 nitrogen and oxygen atoms in total. The molecule has 150 valence electrons. The van der Waals surface area contributed by atoms with Crippen LogP contribution in [0.4, 0.5) is 0 Å². The van der Waals surface area contributed by atoms with Crippen LogP contribution < -0.4 is 10.3 Å². The van der Waals surface area contributed by atoms with E-state index < -0.39 is 0 Å². The average Bonchev–Trinajstić information content (AvgIpc) is 2.94. The summed E-state index contributed by atoms with van der Waals surface area (Å²) in [4.78, 5) is 30.1. The van der Waals surface area contributed by atoms with Gasteiger partial charge in [-0.1, -0.05) is 6.92 Å². The average molecular weight is 379 g/mol. The summed E-state index contributed by atoms with van der Waals surface area (Å²) in [5.74, 6) is 0.289. The Hall–Kier alpha value is -1.90. The van der Waals surface area contributed by atoms with Crippen molar-refractivity contribution in [2.45, 2.75) is 19.9 Å². The summed E-state index contributed by atoms with van der Waals surface area (Å²) in [6.07, 6.45) is 0.521. The van der Waals surface area contributed by atoms with Crippen LogP contribution in [0.15, 0.2) is 10.9 Å². The smallest absolute Gasteiger partial charge is 0.259 e. The lowest BCUT2D eigenvalue weighted by molar-refractivity contribution is 0.0634. The molecule has 1 fully saturated rings. The van der Waals surface area contributed by atoms with Gasteiger partial charge in [-0.2, -0.15) is 0 Å². The normalized spacial score (nSPS) is 18.1. The number of amides is 1. The Morgan fingerprint density at radius 2 is 1.93 bits per heavy atom. The number of hydrogen-bond acceptors (Lipinski definition) is 6.